The van der Waals surface area contributed by atoms with Gasteiger partial charge in [0.1, 0.15) is 30.7 Å². The Bertz CT molecular complexity index is 545. The number of rotatable bonds is 10. The molecule has 1 rings (SSSR count). The van der Waals surface area contributed by atoms with E-state index in [1.54, 1.807) is 0 Å². The maximum atomic E-state index is 12.0. The van der Waals surface area contributed by atoms with E-state index in [0.29, 0.717) is 6.42 Å². The number of hydrogen-bond acceptors (Lipinski definition) is 9. The van der Waals surface area contributed by atoms with Crippen molar-refractivity contribution in [2.75, 3.05) is 20.8 Å². The maximum Gasteiger partial charge on any atom is 0.333 e. The van der Waals surface area contributed by atoms with Crippen LogP contribution >= 0.6 is 0 Å². The van der Waals surface area contributed by atoms with Crippen LogP contribution in [-0.2, 0) is 38.1 Å². The Balaban J connectivity index is 2.73. The SMILES string of the molecule is C=C(C)C(=O)OCC1OC(OC)C(OC(=O)CCCC(C)=O)C(O)C1OC. The molecule has 0 bridgehead atoms. The molecule has 0 amide bonds. The molecule has 27 heavy (non-hydrogen) atoms. The predicted octanol–water partition coefficient (Wildman–Crippen LogP) is 0.524. The summed E-state index contributed by atoms with van der Waals surface area (Å²) >= 11 is 0. The lowest BCUT2D eigenvalue weighted by Gasteiger charge is -2.42. The van der Waals surface area contributed by atoms with E-state index >= 15 is 0 Å². The average molecular weight is 388 g/mol. The quantitative estimate of drug-likeness (QED) is 0.422. The highest BCUT2D eigenvalue weighted by molar-refractivity contribution is 5.86. The fourth-order valence-electron chi connectivity index (χ4n) is 2.61. The zero-order valence-corrected chi connectivity index (χ0v) is 16.1. The highest BCUT2D eigenvalue weighted by atomic mass is 16.7. The zero-order valence-electron chi connectivity index (χ0n) is 16.1. The standard InChI is InChI=1S/C18H28O9/c1-10(2)17(22)25-9-12-15(23-4)14(21)16(18(24-5)26-12)27-13(20)8-6-7-11(3)19/h12,14-16,18,21H,1,6-9H2,2-5H3. The number of aliphatic hydroxyl groups is 1. The molecule has 0 aromatic carbocycles. The van der Waals surface area contributed by atoms with Crippen LogP contribution in [-0.4, -0.2) is 74.4 Å². The molecule has 1 saturated heterocycles. The number of methoxy groups -OCH3 is 2. The van der Waals surface area contributed by atoms with Gasteiger partial charge in [0.25, 0.3) is 0 Å². The Kier molecular flexibility index (Phi) is 9.57. The minimum absolute atomic E-state index is 0.0230. The first kappa shape index (κ1) is 23.2. The van der Waals surface area contributed by atoms with Crippen LogP contribution in [0.3, 0.4) is 0 Å². The molecule has 154 valence electrons. The molecule has 1 fully saturated rings. The number of esters is 2. The summed E-state index contributed by atoms with van der Waals surface area (Å²) in [7, 11) is 2.68. The Labute approximate surface area is 158 Å². The molecule has 0 radical (unpaired) electrons. The number of carbonyl (C=O) groups is 3. The van der Waals surface area contributed by atoms with Gasteiger partial charge in [0, 0.05) is 32.6 Å². The van der Waals surface area contributed by atoms with Crippen molar-refractivity contribution in [2.24, 2.45) is 0 Å². The summed E-state index contributed by atoms with van der Waals surface area (Å²) in [6.45, 7) is 6.24. The van der Waals surface area contributed by atoms with E-state index in [-0.39, 0.29) is 30.8 Å². The van der Waals surface area contributed by atoms with Gasteiger partial charge in [-0.1, -0.05) is 6.58 Å². The first-order valence-corrected chi connectivity index (χ1v) is 8.61. The second kappa shape index (κ2) is 11.1. The van der Waals surface area contributed by atoms with Crippen molar-refractivity contribution < 1.29 is 43.2 Å². The number of ketones is 1. The van der Waals surface area contributed by atoms with Gasteiger partial charge in [0.05, 0.1) is 0 Å². The largest absolute Gasteiger partial charge is 0.459 e. The molecule has 9 nitrogen and oxygen atoms in total. The third-order valence-electron chi connectivity index (χ3n) is 4.03. The highest BCUT2D eigenvalue weighted by Gasteiger charge is 2.48. The second-order valence-corrected chi connectivity index (χ2v) is 6.36. The number of ether oxygens (including phenoxy) is 5. The first-order valence-electron chi connectivity index (χ1n) is 8.61. The smallest absolute Gasteiger partial charge is 0.333 e. The van der Waals surface area contributed by atoms with Gasteiger partial charge in [-0.25, -0.2) is 4.79 Å². The molecule has 1 aliphatic heterocycles. The van der Waals surface area contributed by atoms with Crippen LogP contribution in [0.25, 0.3) is 0 Å². The molecule has 9 heteroatoms. The van der Waals surface area contributed by atoms with Gasteiger partial charge >= 0.3 is 11.9 Å². The topological polar surface area (TPSA) is 118 Å². The summed E-state index contributed by atoms with van der Waals surface area (Å²) in [6, 6.07) is 0. The van der Waals surface area contributed by atoms with Gasteiger partial charge in [-0.05, 0) is 20.3 Å². The lowest BCUT2D eigenvalue weighted by molar-refractivity contribution is -0.302. The first-order chi connectivity index (χ1) is 12.7. The molecule has 1 aliphatic rings. The van der Waals surface area contributed by atoms with Crippen LogP contribution in [0.4, 0.5) is 0 Å². The Morgan fingerprint density at radius 3 is 2.26 bits per heavy atom. The van der Waals surface area contributed by atoms with Gasteiger partial charge in [-0.3, -0.25) is 4.79 Å². The van der Waals surface area contributed by atoms with E-state index in [1.165, 1.54) is 28.1 Å². The van der Waals surface area contributed by atoms with Crippen LogP contribution in [0, 0.1) is 0 Å². The van der Waals surface area contributed by atoms with E-state index in [0.717, 1.165) is 0 Å². The van der Waals surface area contributed by atoms with E-state index in [2.05, 4.69) is 6.58 Å². The Hall–Kier alpha value is -1.81. The van der Waals surface area contributed by atoms with Crippen LogP contribution in [0.5, 0.6) is 0 Å². The van der Waals surface area contributed by atoms with E-state index < -0.39 is 42.6 Å². The van der Waals surface area contributed by atoms with Crippen LogP contribution in [0.2, 0.25) is 0 Å². The average Bonchev–Trinajstić information content (AvgIpc) is 2.60. The van der Waals surface area contributed by atoms with Crippen molar-refractivity contribution in [1.29, 1.82) is 0 Å². The number of Topliss-reactive ketones (excluding diaryl/α,β-unsaturated/α-hetero) is 1. The fraction of sp³-hybridized carbons (Fsp3) is 0.722. The normalized spacial score (nSPS) is 27.7. The van der Waals surface area contributed by atoms with Gasteiger partial charge < -0.3 is 33.6 Å². The predicted molar refractivity (Wildman–Crippen MR) is 92.7 cm³/mol. The zero-order chi connectivity index (χ0) is 20.6. The third-order valence-corrected chi connectivity index (χ3v) is 4.03. The van der Waals surface area contributed by atoms with Gasteiger partial charge in [0.15, 0.2) is 12.4 Å². The minimum atomic E-state index is -1.26. The second-order valence-electron chi connectivity index (χ2n) is 6.36. The molecule has 1 heterocycles. The minimum Gasteiger partial charge on any atom is -0.459 e. The summed E-state index contributed by atoms with van der Waals surface area (Å²) in [5.74, 6) is -1.21. The lowest BCUT2D eigenvalue weighted by atomic mass is 9.98. The number of carbonyl (C=O) groups excluding carboxylic acids is 3. The summed E-state index contributed by atoms with van der Waals surface area (Å²) in [6.07, 6.45) is -4.56. The molecule has 5 unspecified atom stereocenters. The molecule has 0 aromatic rings. The molecular weight excluding hydrogens is 360 g/mol. The number of aliphatic hydroxyl groups excluding tert-OH is 1. The van der Waals surface area contributed by atoms with Crippen molar-refractivity contribution >= 4 is 17.7 Å². The molecule has 0 spiro atoms. The molecule has 0 aliphatic carbocycles. The summed E-state index contributed by atoms with van der Waals surface area (Å²) in [5.41, 5.74) is 0.223. The van der Waals surface area contributed by atoms with E-state index in [1.807, 2.05) is 0 Å². The summed E-state index contributed by atoms with van der Waals surface area (Å²) in [4.78, 5) is 34.5. The van der Waals surface area contributed by atoms with E-state index in [4.69, 9.17) is 23.7 Å². The van der Waals surface area contributed by atoms with Crippen molar-refractivity contribution in [1.82, 2.24) is 0 Å². The monoisotopic (exact) mass is 388 g/mol. The van der Waals surface area contributed by atoms with Crippen molar-refractivity contribution in [3.63, 3.8) is 0 Å². The highest BCUT2D eigenvalue weighted by Crippen LogP contribution is 2.27. The van der Waals surface area contributed by atoms with Gasteiger partial charge in [-0.15, -0.1) is 0 Å². The molecule has 0 aromatic heterocycles. The van der Waals surface area contributed by atoms with Crippen LogP contribution in [0.15, 0.2) is 12.2 Å². The lowest BCUT2D eigenvalue weighted by Crippen LogP contribution is -2.61. The van der Waals surface area contributed by atoms with Gasteiger partial charge in [0.2, 0.25) is 0 Å². The molecule has 0 saturated carbocycles. The molecule has 1 N–H and O–H groups in total. The maximum absolute atomic E-state index is 12.0. The van der Waals surface area contributed by atoms with Gasteiger partial charge in [-0.2, -0.15) is 0 Å². The van der Waals surface area contributed by atoms with E-state index in [9.17, 15) is 19.5 Å². The fourth-order valence-corrected chi connectivity index (χ4v) is 2.61. The number of hydrogen-bond donors (Lipinski definition) is 1. The molecule has 5 atom stereocenters. The third kappa shape index (κ3) is 7.02. The summed E-state index contributed by atoms with van der Waals surface area (Å²) in [5, 5.41) is 10.6. The molecular formula is C18H28O9. The summed E-state index contributed by atoms with van der Waals surface area (Å²) < 4.78 is 26.4. The van der Waals surface area contributed by atoms with Crippen LogP contribution in [0.1, 0.15) is 33.1 Å². The van der Waals surface area contributed by atoms with Crippen LogP contribution < -0.4 is 0 Å². The van der Waals surface area contributed by atoms with Crippen molar-refractivity contribution in [3.8, 4) is 0 Å². The Morgan fingerprint density at radius 2 is 1.74 bits per heavy atom. The Morgan fingerprint density at radius 1 is 1.07 bits per heavy atom. The van der Waals surface area contributed by atoms with Crippen molar-refractivity contribution in [2.45, 2.75) is 63.8 Å². The van der Waals surface area contributed by atoms with Crippen molar-refractivity contribution in [3.05, 3.63) is 12.2 Å².